The third-order valence-electron chi connectivity index (χ3n) is 4.59. The zero-order chi connectivity index (χ0) is 16.4. The number of carbonyl (C=O) groups excluding carboxylic acids is 1. The molecule has 0 saturated carbocycles. The van der Waals surface area contributed by atoms with Crippen LogP contribution in [0.1, 0.15) is 40.0 Å². The largest absolute Gasteiger partial charge is 0.481 e. The van der Waals surface area contributed by atoms with Crippen molar-refractivity contribution in [3.63, 3.8) is 0 Å². The Morgan fingerprint density at radius 1 is 1.24 bits per heavy atom. The first-order chi connectivity index (χ1) is 9.48. The minimum atomic E-state index is -4.22. The van der Waals surface area contributed by atoms with Crippen LogP contribution in [0, 0.1) is 17.3 Å². The normalized spacial score (nSPS) is 20.4. The van der Waals surface area contributed by atoms with E-state index in [-0.39, 0.29) is 44.2 Å². The fourth-order valence-electron chi connectivity index (χ4n) is 2.41. The van der Waals surface area contributed by atoms with E-state index >= 15 is 0 Å². The number of hydrogen-bond acceptors (Lipinski definition) is 2. The number of amides is 1. The molecule has 1 fully saturated rings. The third-order valence-corrected chi connectivity index (χ3v) is 4.59. The molecule has 0 aliphatic carbocycles. The van der Waals surface area contributed by atoms with Crippen molar-refractivity contribution in [3.8, 4) is 0 Å². The highest BCUT2D eigenvalue weighted by atomic mass is 19.4. The standard InChI is InChI=1S/C14H22F3NO3/c1-9(2)13(3,12(20)21)8-11(19)18-6-4-10(5-7-18)14(15,16)17/h9-10H,4-8H2,1-3H3,(H,20,21). The average molecular weight is 309 g/mol. The minimum Gasteiger partial charge on any atom is -0.481 e. The highest BCUT2D eigenvalue weighted by Gasteiger charge is 2.44. The highest BCUT2D eigenvalue weighted by Crippen LogP contribution is 2.36. The van der Waals surface area contributed by atoms with Gasteiger partial charge in [0.25, 0.3) is 0 Å². The molecule has 1 N–H and O–H groups in total. The summed E-state index contributed by atoms with van der Waals surface area (Å²) < 4.78 is 37.7. The molecule has 0 bridgehead atoms. The molecule has 1 unspecified atom stereocenters. The predicted molar refractivity (Wildman–Crippen MR) is 70.6 cm³/mol. The molecule has 1 aliphatic rings. The quantitative estimate of drug-likeness (QED) is 0.868. The highest BCUT2D eigenvalue weighted by molar-refractivity contribution is 5.85. The van der Waals surface area contributed by atoms with Crippen LogP contribution in [-0.2, 0) is 9.59 Å². The van der Waals surface area contributed by atoms with Crippen LogP contribution < -0.4 is 0 Å². The van der Waals surface area contributed by atoms with Gasteiger partial charge in [-0.2, -0.15) is 13.2 Å². The van der Waals surface area contributed by atoms with E-state index < -0.39 is 23.5 Å². The Morgan fingerprint density at radius 2 is 1.71 bits per heavy atom. The Labute approximate surface area is 122 Å². The summed E-state index contributed by atoms with van der Waals surface area (Å²) in [7, 11) is 0. The van der Waals surface area contributed by atoms with E-state index in [4.69, 9.17) is 0 Å². The Morgan fingerprint density at radius 3 is 2.05 bits per heavy atom. The maximum atomic E-state index is 12.6. The maximum Gasteiger partial charge on any atom is 0.391 e. The maximum absolute atomic E-state index is 12.6. The zero-order valence-corrected chi connectivity index (χ0v) is 12.5. The van der Waals surface area contributed by atoms with Crippen molar-refractivity contribution in [1.82, 2.24) is 4.90 Å². The molecule has 0 aromatic rings. The molecule has 1 saturated heterocycles. The molecule has 1 amide bonds. The summed E-state index contributed by atoms with van der Waals surface area (Å²) in [6.07, 6.45) is -4.62. The van der Waals surface area contributed by atoms with Crippen molar-refractivity contribution in [2.24, 2.45) is 17.3 Å². The van der Waals surface area contributed by atoms with Crippen LogP contribution in [0.25, 0.3) is 0 Å². The number of hydrogen-bond donors (Lipinski definition) is 1. The number of piperidine rings is 1. The van der Waals surface area contributed by atoms with Crippen LogP contribution in [0.15, 0.2) is 0 Å². The van der Waals surface area contributed by atoms with E-state index in [0.29, 0.717) is 0 Å². The fraction of sp³-hybridized carbons (Fsp3) is 0.857. The van der Waals surface area contributed by atoms with Gasteiger partial charge in [-0.15, -0.1) is 0 Å². The zero-order valence-electron chi connectivity index (χ0n) is 12.5. The lowest BCUT2D eigenvalue weighted by molar-refractivity contribution is -0.186. The molecule has 1 heterocycles. The molecule has 1 atom stereocenters. The van der Waals surface area contributed by atoms with Crippen molar-refractivity contribution < 1.29 is 27.9 Å². The molecule has 122 valence electrons. The summed E-state index contributed by atoms with van der Waals surface area (Å²) in [6.45, 7) is 5.02. The molecule has 0 radical (unpaired) electrons. The van der Waals surface area contributed by atoms with Crippen LogP contribution in [-0.4, -0.2) is 41.1 Å². The van der Waals surface area contributed by atoms with Crippen LogP contribution in [0.4, 0.5) is 13.2 Å². The summed E-state index contributed by atoms with van der Waals surface area (Å²) in [4.78, 5) is 24.9. The number of carboxylic acid groups (broad SMARTS) is 1. The number of rotatable bonds is 4. The van der Waals surface area contributed by atoms with E-state index in [1.807, 2.05) is 0 Å². The van der Waals surface area contributed by atoms with Crippen molar-refractivity contribution in [3.05, 3.63) is 0 Å². The topological polar surface area (TPSA) is 57.6 Å². The number of likely N-dealkylation sites (tertiary alicyclic amines) is 1. The Kier molecular flexibility index (Phi) is 5.28. The number of nitrogens with zero attached hydrogens (tertiary/aromatic N) is 1. The molecule has 4 nitrogen and oxygen atoms in total. The van der Waals surface area contributed by atoms with Crippen molar-refractivity contribution in [1.29, 1.82) is 0 Å². The summed E-state index contributed by atoms with van der Waals surface area (Å²) in [5, 5.41) is 9.28. The van der Waals surface area contributed by atoms with E-state index in [9.17, 15) is 27.9 Å². The predicted octanol–water partition coefficient (Wildman–Crippen LogP) is 2.92. The number of alkyl halides is 3. The first kappa shape index (κ1) is 17.8. The van der Waals surface area contributed by atoms with E-state index in [2.05, 4.69) is 0 Å². The fourth-order valence-corrected chi connectivity index (χ4v) is 2.41. The Bertz CT molecular complexity index is 401. The summed E-state index contributed by atoms with van der Waals surface area (Å²) in [5.41, 5.74) is -1.20. The van der Waals surface area contributed by atoms with Crippen molar-refractivity contribution in [2.75, 3.05) is 13.1 Å². The third kappa shape index (κ3) is 4.11. The van der Waals surface area contributed by atoms with Gasteiger partial charge in [0.1, 0.15) is 0 Å². The van der Waals surface area contributed by atoms with Gasteiger partial charge >= 0.3 is 12.1 Å². The van der Waals surface area contributed by atoms with Gasteiger partial charge in [-0.3, -0.25) is 9.59 Å². The monoisotopic (exact) mass is 309 g/mol. The van der Waals surface area contributed by atoms with E-state index in [1.165, 1.54) is 11.8 Å². The van der Waals surface area contributed by atoms with Crippen LogP contribution in [0.2, 0.25) is 0 Å². The Hall–Kier alpha value is -1.27. The second-order valence-corrected chi connectivity index (χ2v) is 6.25. The lowest BCUT2D eigenvalue weighted by atomic mass is 9.76. The van der Waals surface area contributed by atoms with Gasteiger partial charge in [-0.05, 0) is 25.7 Å². The lowest BCUT2D eigenvalue weighted by Gasteiger charge is -2.36. The summed E-state index contributed by atoms with van der Waals surface area (Å²) in [6, 6.07) is 0. The summed E-state index contributed by atoms with van der Waals surface area (Å²) >= 11 is 0. The molecule has 21 heavy (non-hydrogen) atoms. The van der Waals surface area contributed by atoms with Gasteiger partial charge in [0.15, 0.2) is 0 Å². The average Bonchev–Trinajstić information content (AvgIpc) is 2.37. The van der Waals surface area contributed by atoms with Gasteiger partial charge in [-0.25, -0.2) is 0 Å². The molecule has 1 aliphatic heterocycles. The Balaban J connectivity index is 2.64. The molecule has 1 rings (SSSR count). The first-order valence-electron chi connectivity index (χ1n) is 7.06. The molecular formula is C14H22F3NO3. The number of aliphatic carboxylic acids is 1. The van der Waals surface area contributed by atoms with Crippen LogP contribution >= 0.6 is 0 Å². The number of carbonyl (C=O) groups is 2. The number of carboxylic acids is 1. The van der Waals surface area contributed by atoms with Crippen LogP contribution in [0.3, 0.4) is 0 Å². The van der Waals surface area contributed by atoms with Gasteiger partial charge < -0.3 is 10.0 Å². The second kappa shape index (κ2) is 6.23. The molecule has 0 aromatic carbocycles. The first-order valence-corrected chi connectivity index (χ1v) is 7.06. The second-order valence-electron chi connectivity index (χ2n) is 6.25. The molecule has 0 spiro atoms. The SMILES string of the molecule is CC(C)C(C)(CC(=O)N1CCC(C(F)(F)F)CC1)C(=O)O. The van der Waals surface area contributed by atoms with Crippen LogP contribution in [0.5, 0.6) is 0 Å². The van der Waals surface area contributed by atoms with Crippen molar-refractivity contribution in [2.45, 2.75) is 46.2 Å². The smallest absolute Gasteiger partial charge is 0.391 e. The summed E-state index contributed by atoms with van der Waals surface area (Å²) in [5.74, 6) is -3.05. The van der Waals surface area contributed by atoms with Gasteiger partial charge in [-0.1, -0.05) is 13.8 Å². The molecule has 7 heteroatoms. The van der Waals surface area contributed by atoms with Gasteiger partial charge in [0.2, 0.25) is 5.91 Å². The molecule has 0 aromatic heterocycles. The van der Waals surface area contributed by atoms with Crippen molar-refractivity contribution >= 4 is 11.9 Å². The van der Waals surface area contributed by atoms with E-state index in [0.717, 1.165) is 0 Å². The minimum absolute atomic E-state index is 0.0385. The van der Waals surface area contributed by atoms with Gasteiger partial charge in [0, 0.05) is 19.5 Å². The lowest BCUT2D eigenvalue weighted by Crippen LogP contribution is -2.45. The molecular weight excluding hydrogens is 287 g/mol. The van der Waals surface area contributed by atoms with Gasteiger partial charge in [0.05, 0.1) is 11.3 Å². The van der Waals surface area contributed by atoms with E-state index in [1.54, 1.807) is 13.8 Å². The number of halogens is 3.